The van der Waals surface area contributed by atoms with Crippen LogP contribution in [0.2, 0.25) is 0 Å². The van der Waals surface area contributed by atoms with Gasteiger partial charge in [-0.3, -0.25) is 4.79 Å². The maximum atomic E-state index is 11.7. The molecule has 2 unspecified atom stereocenters. The zero-order chi connectivity index (χ0) is 15.8. The molecule has 5 nitrogen and oxygen atoms in total. The van der Waals surface area contributed by atoms with Gasteiger partial charge in [0.25, 0.3) is 0 Å². The van der Waals surface area contributed by atoms with Crippen LogP contribution in [0.3, 0.4) is 0 Å². The van der Waals surface area contributed by atoms with Crippen LogP contribution in [-0.2, 0) is 9.53 Å². The van der Waals surface area contributed by atoms with E-state index in [-0.39, 0.29) is 6.04 Å². The van der Waals surface area contributed by atoms with E-state index in [0.29, 0.717) is 6.42 Å². The van der Waals surface area contributed by atoms with Crippen molar-refractivity contribution in [2.75, 3.05) is 7.11 Å². The number of ether oxygens (including phenoxy) is 1. The van der Waals surface area contributed by atoms with E-state index in [4.69, 9.17) is 10.5 Å². The van der Waals surface area contributed by atoms with Crippen molar-refractivity contribution in [3.8, 4) is 0 Å². The van der Waals surface area contributed by atoms with E-state index < -0.39 is 11.5 Å². The number of methoxy groups -OCH3 is 1. The Morgan fingerprint density at radius 3 is 2.67 bits per heavy atom. The van der Waals surface area contributed by atoms with Crippen LogP contribution < -0.4 is 5.73 Å². The van der Waals surface area contributed by atoms with Gasteiger partial charge < -0.3 is 15.0 Å². The first-order chi connectivity index (χ1) is 9.76. The first kappa shape index (κ1) is 15.5. The standard InChI is InChI=1S/C16H23N3O2/c1-10-6-13-14(7-11(10)2)19(9-18-13)12(3)8-16(4,17)15(20)21-5/h6-7,9,12H,8,17H2,1-5H3. The number of esters is 1. The molecule has 0 aliphatic carbocycles. The molecule has 1 aromatic heterocycles. The normalized spacial score (nSPS) is 15.7. The van der Waals surface area contributed by atoms with Crippen molar-refractivity contribution < 1.29 is 9.53 Å². The SMILES string of the molecule is COC(=O)C(C)(N)CC(C)n1cnc2cc(C)c(C)cc21. The third kappa shape index (κ3) is 2.93. The second-order valence-electron chi connectivity index (χ2n) is 6.04. The topological polar surface area (TPSA) is 70.1 Å². The van der Waals surface area contributed by atoms with Crippen molar-refractivity contribution in [1.29, 1.82) is 0 Å². The number of aryl methyl sites for hydroxylation is 2. The van der Waals surface area contributed by atoms with Gasteiger partial charge >= 0.3 is 5.97 Å². The number of fused-ring (bicyclic) bond motifs is 1. The van der Waals surface area contributed by atoms with Gasteiger partial charge in [0.2, 0.25) is 0 Å². The number of carbonyl (C=O) groups excluding carboxylic acids is 1. The Balaban J connectivity index is 2.34. The number of rotatable bonds is 4. The number of aromatic nitrogens is 2. The third-order valence-corrected chi connectivity index (χ3v) is 4.04. The lowest BCUT2D eigenvalue weighted by Crippen LogP contribution is -2.47. The summed E-state index contributed by atoms with van der Waals surface area (Å²) in [5.41, 5.74) is 9.52. The minimum Gasteiger partial charge on any atom is -0.468 e. The Hall–Kier alpha value is -1.88. The van der Waals surface area contributed by atoms with Gasteiger partial charge in [-0.15, -0.1) is 0 Å². The number of nitrogens with zero attached hydrogens (tertiary/aromatic N) is 2. The second-order valence-corrected chi connectivity index (χ2v) is 6.04. The number of hydrogen-bond donors (Lipinski definition) is 1. The Labute approximate surface area is 125 Å². The molecule has 0 aliphatic heterocycles. The quantitative estimate of drug-likeness (QED) is 0.878. The van der Waals surface area contributed by atoms with Crippen LogP contribution >= 0.6 is 0 Å². The Kier molecular flexibility index (Phi) is 4.05. The van der Waals surface area contributed by atoms with Crippen molar-refractivity contribution >= 4 is 17.0 Å². The molecule has 114 valence electrons. The minimum absolute atomic E-state index is 0.0474. The number of hydrogen-bond acceptors (Lipinski definition) is 4. The van der Waals surface area contributed by atoms with E-state index in [1.807, 2.05) is 13.3 Å². The van der Waals surface area contributed by atoms with Gasteiger partial charge in [-0.25, -0.2) is 4.98 Å². The highest BCUT2D eigenvalue weighted by molar-refractivity contribution is 5.80. The van der Waals surface area contributed by atoms with Gasteiger partial charge in [-0.1, -0.05) is 0 Å². The molecule has 0 saturated carbocycles. The molecular formula is C16H23N3O2. The highest BCUT2D eigenvalue weighted by atomic mass is 16.5. The van der Waals surface area contributed by atoms with Crippen molar-refractivity contribution in [2.24, 2.45) is 5.73 Å². The van der Waals surface area contributed by atoms with Gasteiger partial charge in [0.15, 0.2) is 0 Å². The lowest BCUT2D eigenvalue weighted by molar-refractivity contribution is -0.146. The van der Waals surface area contributed by atoms with Crippen LogP contribution in [0.15, 0.2) is 18.5 Å². The van der Waals surface area contributed by atoms with Crippen molar-refractivity contribution in [3.63, 3.8) is 0 Å². The first-order valence-corrected chi connectivity index (χ1v) is 7.07. The zero-order valence-corrected chi connectivity index (χ0v) is 13.3. The predicted octanol–water partition coefficient (Wildman–Crippen LogP) is 2.49. The molecule has 0 bridgehead atoms. The summed E-state index contributed by atoms with van der Waals surface area (Å²) < 4.78 is 6.83. The number of nitrogens with two attached hydrogens (primary N) is 1. The van der Waals surface area contributed by atoms with Gasteiger partial charge in [0.1, 0.15) is 5.54 Å². The fraction of sp³-hybridized carbons (Fsp3) is 0.500. The molecule has 0 saturated heterocycles. The van der Waals surface area contributed by atoms with Crippen LogP contribution in [-0.4, -0.2) is 28.2 Å². The number of carbonyl (C=O) groups is 1. The summed E-state index contributed by atoms with van der Waals surface area (Å²) in [6.45, 7) is 7.89. The van der Waals surface area contributed by atoms with Crippen LogP contribution in [0, 0.1) is 13.8 Å². The highest BCUT2D eigenvalue weighted by Gasteiger charge is 2.32. The maximum absolute atomic E-state index is 11.7. The summed E-state index contributed by atoms with van der Waals surface area (Å²) >= 11 is 0. The summed E-state index contributed by atoms with van der Waals surface area (Å²) in [5, 5.41) is 0. The molecular weight excluding hydrogens is 266 g/mol. The fourth-order valence-corrected chi connectivity index (χ4v) is 2.66. The summed E-state index contributed by atoms with van der Waals surface area (Å²) in [4.78, 5) is 16.2. The Bertz CT molecular complexity index is 673. The number of benzene rings is 1. The molecule has 0 amide bonds. The van der Waals surface area contributed by atoms with E-state index in [1.165, 1.54) is 18.2 Å². The average Bonchev–Trinajstić information content (AvgIpc) is 2.80. The van der Waals surface area contributed by atoms with Gasteiger partial charge in [0.05, 0.1) is 24.5 Å². The van der Waals surface area contributed by atoms with Crippen LogP contribution in [0.5, 0.6) is 0 Å². The fourth-order valence-electron chi connectivity index (χ4n) is 2.66. The molecule has 0 spiro atoms. The largest absolute Gasteiger partial charge is 0.468 e. The van der Waals surface area contributed by atoms with E-state index in [9.17, 15) is 4.79 Å². The minimum atomic E-state index is -1.01. The molecule has 1 aromatic carbocycles. The lowest BCUT2D eigenvalue weighted by atomic mass is 9.95. The zero-order valence-electron chi connectivity index (χ0n) is 13.3. The van der Waals surface area contributed by atoms with Crippen LogP contribution in [0.1, 0.15) is 37.4 Å². The van der Waals surface area contributed by atoms with E-state index in [1.54, 1.807) is 6.92 Å². The Morgan fingerprint density at radius 1 is 1.43 bits per heavy atom. The summed E-state index contributed by atoms with van der Waals surface area (Å²) in [5.74, 6) is -0.397. The predicted molar refractivity (Wildman–Crippen MR) is 83.1 cm³/mol. The molecule has 2 aromatic rings. The van der Waals surface area contributed by atoms with Gasteiger partial charge in [-0.05, 0) is 57.4 Å². The molecule has 2 rings (SSSR count). The summed E-state index contributed by atoms with van der Waals surface area (Å²) in [6, 6.07) is 4.25. The van der Waals surface area contributed by atoms with Crippen molar-refractivity contribution in [1.82, 2.24) is 9.55 Å². The highest BCUT2D eigenvalue weighted by Crippen LogP contribution is 2.26. The third-order valence-electron chi connectivity index (χ3n) is 4.04. The summed E-state index contributed by atoms with van der Waals surface area (Å²) in [6.07, 6.45) is 2.29. The van der Waals surface area contributed by atoms with Crippen LogP contribution in [0.4, 0.5) is 0 Å². The Morgan fingerprint density at radius 2 is 2.05 bits per heavy atom. The van der Waals surface area contributed by atoms with Gasteiger partial charge in [-0.2, -0.15) is 0 Å². The van der Waals surface area contributed by atoms with Crippen molar-refractivity contribution in [3.05, 3.63) is 29.6 Å². The molecule has 21 heavy (non-hydrogen) atoms. The lowest BCUT2D eigenvalue weighted by Gasteiger charge is -2.26. The first-order valence-electron chi connectivity index (χ1n) is 7.07. The van der Waals surface area contributed by atoms with E-state index in [2.05, 4.69) is 35.5 Å². The average molecular weight is 289 g/mol. The smallest absolute Gasteiger partial charge is 0.325 e. The molecule has 2 N–H and O–H groups in total. The van der Waals surface area contributed by atoms with E-state index in [0.717, 1.165) is 11.0 Å². The van der Waals surface area contributed by atoms with Crippen molar-refractivity contribution in [2.45, 2.75) is 45.7 Å². The molecule has 5 heteroatoms. The maximum Gasteiger partial charge on any atom is 0.325 e. The molecule has 0 aliphatic rings. The van der Waals surface area contributed by atoms with Gasteiger partial charge in [0, 0.05) is 6.04 Å². The number of imidazole rings is 1. The monoisotopic (exact) mass is 289 g/mol. The second kappa shape index (κ2) is 5.48. The van der Waals surface area contributed by atoms with E-state index >= 15 is 0 Å². The molecule has 0 radical (unpaired) electrons. The summed E-state index contributed by atoms with van der Waals surface area (Å²) in [7, 11) is 1.36. The molecule has 1 heterocycles. The molecule has 2 atom stereocenters. The molecule has 0 fully saturated rings. The van der Waals surface area contributed by atoms with Crippen LogP contribution in [0.25, 0.3) is 11.0 Å².